The normalized spacial score (nSPS) is 17.8. The van der Waals surface area contributed by atoms with Gasteiger partial charge in [0.1, 0.15) is 0 Å². The van der Waals surface area contributed by atoms with Crippen molar-refractivity contribution >= 4 is 11.9 Å². The molecule has 2 rings (SSSR count). The summed E-state index contributed by atoms with van der Waals surface area (Å²) in [5.74, 6) is -1.12. The highest BCUT2D eigenvalue weighted by Crippen LogP contribution is 2.39. The summed E-state index contributed by atoms with van der Waals surface area (Å²) in [6, 6.07) is 0. The second kappa shape index (κ2) is 6.87. The van der Waals surface area contributed by atoms with Crippen molar-refractivity contribution in [1.29, 1.82) is 0 Å². The van der Waals surface area contributed by atoms with Crippen LogP contribution in [0, 0.1) is 0 Å². The zero-order chi connectivity index (χ0) is 18.0. The van der Waals surface area contributed by atoms with Gasteiger partial charge in [-0.05, 0) is 56.1 Å². The minimum Gasteiger partial charge on any atom is -0.465 e. The molecule has 0 spiro atoms. The van der Waals surface area contributed by atoms with Crippen molar-refractivity contribution in [1.82, 2.24) is 0 Å². The second-order valence-electron chi connectivity index (χ2n) is 5.94. The van der Waals surface area contributed by atoms with Crippen LogP contribution in [0.25, 0.3) is 0 Å². The van der Waals surface area contributed by atoms with Gasteiger partial charge in [-0.1, -0.05) is 23.8 Å². The quantitative estimate of drug-likeness (QED) is 0.572. The Bertz CT molecular complexity index is 795. The maximum absolute atomic E-state index is 12.5. The lowest BCUT2D eigenvalue weighted by Crippen LogP contribution is -2.18. The van der Waals surface area contributed by atoms with Crippen LogP contribution in [0.1, 0.15) is 27.7 Å². The number of hydrogen-bond donors (Lipinski definition) is 0. The molecular weight excluding hydrogens is 306 g/mol. The number of carbonyl (C=O) groups is 2. The van der Waals surface area contributed by atoms with Crippen LogP contribution in [0.5, 0.6) is 0 Å². The molecule has 4 nitrogen and oxygen atoms in total. The number of ether oxygens (including phenoxy) is 2. The van der Waals surface area contributed by atoms with E-state index in [0.29, 0.717) is 0 Å². The van der Waals surface area contributed by atoms with E-state index in [1.54, 1.807) is 6.08 Å². The Morgan fingerprint density at radius 1 is 0.792 bits per heavy atom. The Morgan fingerprint density at radius 3 is 2.00 bits per heavy atom. The lowest BCUT2D eigenvalue weighted by Gasteiger charge is -2.18. The monoisotopic (exact) mass is 328 g/mol. The predicted octanol–water partition coefficient (Wildman–Crippen LogP) is 3.74. The Kier molecular flexibility index (Phi) is 5.07. The molecule has 0 aliphatic heterocycles. The standard InChI is InChI=1S/C20H22O4/c1-11-9-13(3)16-12(2)7-8-15(19(21)23-5)18(20(22)24-6)17(16)14(4)10-11/h7-10H,1-6H3/i12+1,17+1. The van der Waals surface area contributed by atoms with Crippen LogP contribution in [-0.2, 0) is 19.1 Å². The van der Waals surface area contributed by atoms with Crippen molar-refractivity contribution < 1.29 is 19.1 Å². The third-order valence-corrected chi connectivity index (χ3v) is 4.14. The number of rotatable bonds is 2. The molecule has 0 aromatic carbocycles. The lowest BCUT2D eigenvalue weighted by atomic mass is 10.1. The fourth-order valence-corrected chi connectivity index (χ4v) is 3.20. The minimum absolute atomic E-state index is 0.203. The topological polar surface area (TPSA) is 52.6 Å². The Hall–Kier alpha value is -2.62. The molecular formula is C20H22O4. The highest BCUT2D eigenvalue weighted by atomic mass is 16.5. The maximum Gasteiger partial charge on any atom is 0.339 e. The Morgan fingerprint density at radius 2 is 1.42 bits per heavy atom. The van der Waals surface area contributed by atoms with Crippen LogP contribution in [0.4, 0.5) is 0 Å². The molecule has 0 atom stereocenters. The van der Waals surface area contributed by atoms with Crippen LogP contribution in [0.3, 0.4) is 0 Å². The molecule has 0 bridgehead atoms. The second-order valence-corrected chi connectivity index (χ2v) is 5.94. The van der Waals surface area contributed by atoms with Crippen LogP contribution in [0.15, 0.2) is 68.9 Å². The average Bonchev–Trinajstić information content (AvgIpc) is 2.75. The van der Waals surface area contributed by atoms with Crippen molar-refractivity contribution in [2.24, 2.45) is 0 Å². The zero-order valence-electron chi connectivity index (χ0n) is 14.9. The lowest BCUT2D eigenvalue weighted by molar-refractivity contribution is -0.139. The van der Waals surface area contributed by atoms with Gasteiger partial charge in [0, 0.05) is 5.57 Å². The molecule has 2 aliphatic carbocycles. The first-order valence-electron chi connectivity index (χ1n) is 7.70. The largest absolute Gasteiger partial charge is 0.465 e. The smallest absolute Gasteiger partial charge is 0.339 e. The molecule has 126 valence electrons. The summed E-state index contributed by atoms with van der Waals surface area (Å²) >= 11 is 0. The third-order valence-electron chi connectivity index (χ3n) is 4.14. The van der Waals surface area contributed by atoms with E-state index in [2.05, 4.69) is 6.08 Å². The van der Waals surface area contributed by atoms with Crippen molar-refractivity contribution in [3.8, 4) is 0 Å². The van der Waals surface area contributed by atoms with Gasteiger partial charge in [0.05, 0.1) is 25.4 Å². The van der Waals surface area contributed by atoms with Crippen molar-refractivity contribution in [3.63, 3.8) is 0 Å². The molecule has 0 radical (unpaired) electrons. The molecule has 0 aromatic heterocycles. The molecule has 2 aliphatic rings. The summed E-state index contributed by atoms with van der Waals surface area (Å²) in [5.41, 5.74) is 6.09. The Labute approximate surface area is 142 Å². The molecule has 24 heavy (non-hydrogen) atoms. The van der Waals surface area contributed by atoms with E-state index >= 15 is 0 Å². The summed E-state index contributed by atoms with van der Waals surface area (Å²) in [6.45, 7) is 7.90. The van der Waals surface area contributed by atoms with E-state index in [0.717, 1.165) is 33.4 Å². The molecule has 0 heterocycles. The number of esters is 2. The van der Waals surface area contributed by atoms with Crippen LogP contribution in [0.2, 0.25) is 0 Å². The van der Waals surface area contributed by atoms with Gasteiger partial charge in [-0.15, -0.1) is 0 Å². The van der Waals surface area contributed by atoms with E-state index < -0.39 is 11.9 Å². The molecule has 0 fully saturated rings. The summed E-state index contributed by atoms with van der Waals surface area (Å²) in [4.78, 5) is 24.8. The molecule has 0 N–H and O–H groups in total. The van der Waals surface area contributed by atoms with E-state index in [1.165, 1.54) is 14.2 Å². The van der Waals surface area contributed by atoms with Crippen LogP contribution >= 0.6 is 0 Å². The van der Waals surface area contributed by atoms with Crippen LogP contribution < -0.4 is 0 Å². The van der Waals surface area contributed by atoms with E-state index in [-0.39, 0.29) is 11.1 Å². The fraction of sp³-hybridized carbons (Fsp3) is 0.300. The number of allylic oxidation sites excluding steroid dienone is 10. The molecule has 0 unspecified atom stereocenters. The average molecular weight is 328 g/mol. The number of fused-ring (bicyclic) bond motifs is 1. The number of hydrogen-bond acceptors (Lipinski definition) is 4. The maximum atomic E-state index is 12.5. The molecule has 0 aromatic rings. The molecule has 0 saturated heterocycles. The third kappa shape index (κ3) is 3.04. The molecule has 4 heteroatoms. The van der Waals surface area contributed by atoms with Gasteiger partial charge < -0.3 is 9.47 Å². The highest BCUT2D eigenvalue weighted by Gasteiger charge is 2.31. The summed E-state index contributed by atoms with van der Waals surface area (Å²) in [5, 5.41) is 0. The number of carbonyl (C=O) groups excluding carboxylic acids is 2. The van der Waals surface area contributed by atoms with Crippen molar-refractivity contribution in [2.75, 3.05) is 14.2 Å². The van der Waals surface area contributed by atoms with Crippen molar-refractivity contribution in [3.05, 3.63) is 68.9 Å². The van der Waals surface area contributed by atoms with Gasteiger partial charge in [0.15, 0.2) is 0 Å². The summed E-state index contributed by atoms with van der Waals surface area (Å²) in [6.07, 6.45) is 7.53. The van der Waals surface area contributed by atoms with E-state index in [1.807, 2.05) is 39.8 Å². The van der Waals surface area contributed by atoms with Gasteiger partial charge in [0.2, 0.25) is 0 Å². The summed E-state index contributed by atoms with van der Waals surface area (Å²) < 4.78 is 9.84. The van der Waals surface area contributed by atoms with Crippen LogP contribution in [-0.4, -0.2) is 26.2 Å². The van der Waals surface area contributed by atoms with Crippen molar-refractivity contribution in [2.45, 2.75) is 27.7 Å². The van der Waals surface area contributed by atoms with Gasteiger partial charge in [0.25, 0.3) is 0 Å². The minimum atomic E-state index is -0.562. The SMILES string of the molecule is COC(=O)C1=CC=[13C](C)C2=C(C)C=C(C)C=C(C)[13C]2=C1C(=O)OC. The van der Waals surface area contributed by atoms with Gasteiger partial charge in [-0.2, -0.15) is 0 Å². The summed E-state index contributed by atoms with van der Waals surface area (Å²) in [7, 11) is 2.61. The zero-order valence-corrected chi connectivity index (χ0v) is 14.9. The molecule has 0 saturated carbocycles. The first-order chi connectivity index (χ1) is 11.3. The first kappa shape index (κ1) is 17.7. The van der Waals surface area contributed by atoms with E-state index in [9.17, 15) is 9.59 Å². The highest BCUT2D eigenvalue weighted by molar-refractivity contribution is 6.09. The first-order valence-corrected chi connectivity index (χ1v) is 7.70. The van der Waals surface area contributed by atoms with Gasteiger partial charge >= 0.3 is 11.9 Å². The number of methoxy groups -OCH3 is 2. The molecule has 0 amide bonds. The van der Waals surface area contributed by atoms with Gasteiger partial charge in [-0.25, -0.2) is 9.59 Å². The Balaban J connectivity index is 2.96. The van der Waals surface area contributed by atoms with Gasteiger partial charge in [-0.3, -0.25) is 0 Å². The predicted molar refractivity (Wildman–Crippen MR) is 93.1 cm³/mol. The fourth-order valence-electron chi connectivity index (χ4n) is 3.20. The van der Waals surface area contributed by atoms with E-state index in [4.69, 9.17) is 9.47 Å².